The van der Waals surface area contributed by atoms with Gasteiger partial charge in [0, 0.05) is 32.4 Å². The number of rotatable bonds is 5. The molecule has 2 heterocycles. The van der Waals surface area contributed by atoms with E-state index >= 15 is 0 Å². The van der Waals surface area contributed by atoms with Gasteiger partial charge in [-0.05, 0) is 35.9 Å². The molecule has 2 aromatic carbocycles. The van der Waals surface area contributed by atoms with Gasteiger partial charge in [0.2, 0.25) is 15.9 Å². The molecule has 0 N–H and O–H groups in total. The number of sulfonamides is 1. The Kier molecular flexibility index (Phi) is 6.26. The van der Waals surface area contributed by atoms with Crippen molar-refractivity contribution in [3.8, 4) is 5.69 Å². The predicted molar refractivity (Wildman–Crippen MR) is 114 cm³/mol. The molecular weight excluding hydrogens is 457 g/mol. The van der Waals surface area contributed by atoms with E-state index in [-0.39, 0.29) is 38.5 Å². The number of hydrogen-bond acceptors (Lipinski definition) is 4. The quantitative estimate of drug-likeness (QED) is 0.565. The second-order valence-electron chi connectivity index (χ2n) is 7.62. The first-order valence-electron chi connectivity index (χ1n) is 10.2. The molecule has 1 aliphatic heterocycles. The van der Waals surface area contributed by atoms with Gasteiger partial charge in [-0.25, -0.2) is 13.1 Å². The molecular formula is C22H21F3N4O3S. The number of para-hydroxylation sites is 1. The van der Waals surface area contributed by atoms with Gasteiger partial charge in [-0.1, -0.05) is 24.3 Å². The number of piperazine rings is 1. The van der Waals surface area contributed by atoms with Crippen LogP contribution in [0.5, 0.6) is 0 Å². The van der Waals surface area contributed by atoms with E-state index in [1.165, 1.54) is 0 Å². The third kappa shape index (κ3) is 5.09. The number of alkyl halides is 3. The second kappa shape index (κ2) is 8.99. The molecule has 7 nitrogen and oxygen atoms in total. The third-order valence-electron chi connectivity index (χ3n) is 5.40. The standard InChI is InChI=1S/C22H21F3N4O3S/c23-22(24,25)18-5-4-8-20(14-18)33(31,32)28-11-9-27(10-12-28)21(30)13-17-15-26-29(16-17)19-6-2-1-3-7-19/h1-8,14-16H,9-13H2. The monoisotopic (exact) mass is 478 g/mol. The lowest BCUT2D eigenvalue weighted by Crippen LogP contribution is -2.50. The van der Waals surface area contributed by atoms with Gasteiger partial charge in [-0.2, -0.15) is 22.6 Å². The van der Waals surface area contributed by atoms with Crippen LogP contribution in [-0.2, 0) is 27.4 Å². The number of carbonyl (C=O) groups excluding carboxylic acids is 1. The number of halogens is 3. The maximum atomic E-state index is 13.0. The highest BCUT2D eigenvalue weighted by Gasteiger charge is 2.34. The molecule has 0 aliphatic carbocycles. The van der Waals surface area contributed by atoms with Crippen LogP contribution in [0, 0.1) is 0 Å². The van der Waals surface area contributed by atoms with E-state index in [1.54, 1.807) is 22.0 Å². The van der Waals surface area contributed by atoms with Crippen LogP contribution in [0.15, 0.2) is 71.9 Å². The summed E-state index contributed by atoms with van der Waals surface area (Å²) in [6.45, 7) is 0.328. The Labute approximate surface area is 189 Å². The van der Waals surface area contributed by atoms with Gasteiger partial charge in [0.25, 0.3) is 0 Å². The average Bonchev–Trinajstić information content (AvgIpc) is 3.28. The minimum Gasteiger partial charge on any atom is -0.340 e. The van der Waals surface area contributed by atoms with E-state index < -0.39 is 26.7 Å². The van der Waals surface area contributed by atoms with Gasteiger partial charge >= 0.3 is 6.18 Å². The van der Waals surface area contributed by atoms with Crippen molar-refractivity contribution < 1.29 is 26.4 Å². The fourth-order valence-electron chi connectivity index (χ4n) is 3.62. The largest absolute Gasteiger partial charge is 0.416 e. The number of nitrogens with zero attached hydrogens (tertiary/aromatic N) is 4. The van der Waals surface area contributed by atoms with E-state index in [1.807, 2.05) is 30.3 Å². The summed E-state index contributed by atoms with van der Waals surface area (Å²) in [4.78, 5) is 13.8. The average molecular weight is 478 g/mol. The van der Waals surface area contributed by atoms with E-state index in [2.05, 4.69) is 5.10 Å². The van der Waals surface area contributed by atoms with Gasteiger partial charge in [0.1, 0.15) is 0 Å². The number of amides is 1. The summed E-state index contributed by atoms with van der Waals surface area (Å²) in [6.07, 6.45) is -1.14. The van der Waals surface area contributed by atoms with Crippen LogP contribution >= 0.6 is 0 Å². The van der Waals surface area contributed by atoms with Crippen LogP contribution < -0.4 is 0 Å². The summed E-state index contributed by atoms with van der Waals surface area (Å²) in [5.74, 6) is -0.168. The molecule has 4 rings (SSSR count). The molecule has 0 saturated carbocycles. The van der Waals surface area contributed by atoms with Crippen LogP contribution in [-0.4, -0.2) is 59.5 Å². The molecule has 11 heteroatoms. The minimum absolute atomic E-state index is 0.00754. The van der Waals surface area contributed by atoms with Crippen LogP contribution in [0.3, 0.4) is 0 Å². The van der Waals surface area contributed by atoms with Gasteiger partial charge < -0.3 is 4.90 Å². The van der Waals surface area contributed by atoms with E-state index in [0.717, 1.165) is 33.8 Å². The summed E-state index contributed by atoms with van der Waals surface area (Å²) in [7, 11) is -4.10. The highest BCUT2D eigenvalue weighted by atomic mass is 32.2. The first-order valence-corrected chi connectivity index (χ1v) is 11.6. The maximum absolute atomic E-state index is 13.0. The molecule has 1 aromatic heterocycles. The number of aromatic nitrogens is 2. The molecule has 1 aliphatic rings. The predicted octanol–water partition coefficient (Wildman–Crippen LogP) is 2.97. The molecule has 1 fully saturated rings. The number of hydrogen-bond donors (Lipinski definition) is 0. The molecule has 0 unspecified atom stereocenters. The number of benzene rings is 2. The fraction of sp³-hybridized carbons (Fsp3) is 0.273. The van der Waals surface area contributed by atoms with E-state index in [0.29, 0.717) is 6.07 Å². The molecule has 0 bridgehead atoms. The zero-order chi connectivity index (χ0) is 23.6. The Bertz CT molecular complexity index is 1240. The van der Waals surface area contributed by atoms with Crippen LogP contribution in [0.1, 0.15) is 11.1 Å². The first-order chi connectivity index (χ1) is 15.6. The zero-order valence-electron chi connectivity index (χ0n) is 17.4. The molecule has 33 heavy (non-hydrogen) atoms. The Hall–Kier alpha value is -3.18. The summed E-state index contributed by atoms with van der Waals surface area (Å²) >= 11 is 0. The Morgan fingerprint density at radius 3 is 2.33 bits per heavy atom. The van der Waals surface area contributed by atoms with Crippen molar-refractivity contribution in [2.24, 2.45) is 0 Å². The van der Waals surface area contributed by atoms with Crippen molar-refractivity contribution in [1.29, 1.82) is 0 Å². The molecule has 3 aromatic rings. The summed E-state index contributed by atoms with van der Waals surface area (Å²) in [5, 5.41) is 4.27. The SMILES string of the molecule is O=C(Cc1cnn(-c2ccccc2)c1)N1CCN(S(=O)(=O)c2cccc(C(F)(F)F)c2)CC1. The molecule has 0 atom stereocenters. The minimum atomic E-state index is -4.63. The topological polar surface area (TPSA) is 75.5 Å². The molecule has 0 radical (unpaired) electrons. The number of carbonyl (C=O) groups is 1. The molecule has 174 valence electrons. The molecule has 1 saturated heterocycles. The van der Waals surface area contributed by atoms with Crippen molar-refractivity contribution in [3.63, 3.8) is 0 Å². The van der Waals surface area contributed by atoms with E-state index in [4.69, 9.17) is 0 Å². The van der Waals surface area contributed by atoms with E-state index in [9.17, 15) is 26.4 Å². The lowest BCUT2D eigenvalue weighted by molar-refractivity contribution is -0.137. The summed E-state index contributed by atoms with van der Waals surface area (Å²) < 4.78 is 67.3. The van der Waals surface area contributed by atoms with Crippen LogP contribution in [0.2, 0.25) is 0 Å². The molecule has 1 amide bonds. The van der Waals surface area contributed by atoms with Crippen molar-refractivity contribution in [2.45, 2.75) is 17.5 Å². The summed E-state index contributed by atoms with van der Waals surface area (Å²) in [6, 6.07) is 13.1. The fourth-order valence-corrected chi connectivity index (χ4v) is 5.09. The van der Waals surface area contributed by atoms with Crippen molar-refractivity contribution in [3.05, 3.63) is 78.1 Å². The van der Waals surface area contributed by atoms with Gasteiger partial charge in [0.05, 0.1) is 28.8 Å². The smallest absolute Gasteiger partial charge is 0.340 e. The van der Waals surface area contributed by atoms with Crippen LogP contribution in [0.4, 0.5) is 13.2 Å². The summed E-state index contributed by atoms with van der Waals surface area (Å²) in [5.41, 5.74) is 0.570. The van der Waals surface area contributed by atoms with Crippen molar-refractivity contribution >= 4 is 15.9 Å². The Morgan fingerprint density at radius 2 is 1.67 bits per heavy atom. The Balaban J connectivity index is 1.38. The normalized spacial score (nSPS) is 15.5. The highest BCUT2D eigenvalue weighted by Crippen LogP contribution is 2.31. The lowest BCUT2D eigenvalue weighted by atomic mass is 10.2. The second-order valence-corrected chi connectivity index (χ2v) is 9.55. The van der Waals surface area contributed by atoms with Crippen molar-refractivity contribution in [2.75, 3.05) is 26.2 Å². The van der Waals surface area contributed by atoms with Gasteiger partial charge in [0.15, 0.2) is 0 Å². The maximum Gasteiger partial charge on any atom is 0.416 e. The van der Waals surface area contributed by atoms with Gasteiger partial charge in [-0.3, -0.25) is 4.79 Å². The van der Waals surface area contributed by atoms with Gasteiger partial charge in [-0.15, -0.1) is 0 Å². The highest BCUT2D eigenvalue weighted by molar-refractivity contribution is 7.89. The van der Waals surface area contributed by atoms with Crippen molar-refractivity contribution in [1.82, 2.24) is 19.0 Å². The molecule has 0 spiro atoms. The Morgan fingerprint density at radius 1 is 0.970 bits per heavy atom. The third-order valence-corrected chi connectivity index (χ3v) is 7.30. The zero-order valence-corrected chi connectivity index (χ0v) is 18.3. The van der Waals surface area contributed by atoms with Crippen LogP contribution in [0.25, 0.3) is 5.69 Å². The first kappa shape index (κ1) is 23.0. The lowest BCUT2D eigenvalue weighted by Gasteiger charge is -2.34.